The highest BCUT2D eigenvalue weighted by Crippen LogP contribution is 2.37. The number of nitriles is 1. The summed E-state index contributed by atoms with van der Waals surface area (Å²) in [4.78, 5) is 44.2. The van der Waals surface area contributed by atoms with Crippen LogP contribution < -0.4 is 10.6 Å². The first-order chi connectivity index (χ1) is 20.2. The molecule has 10 heteroatoms. The number of nitrogens with zero attached hydrogens (tertiary/aromatic N) is 3. The van der Waals surface area contributed by atoms with Gasteiger partial charge in [0.05, 0.1) is 29.1 Å². The highest BCUT2D eigenvalue weighted by Gasteiger charge is 2.31. The predicted molar refractivity (Wildman–Crippen MR) is 156 cm³/mol. The molecule has 3 aromatic rings. The van der Waals surface area contributed by atoms with Crippen LogP contribution >= 0.6 is 0 Å². The summed E-state index contributed by atoms with van der Waals surface area (Å²) >= 11 is 0. The molecule has 42 heavy (non-hydrogen) atoms. The first kappa shape index (κ1) is 28.5. The summed E-state index contributed by atoms with van der Waals surface area (Å²) in [7, 11) is 0. The van der Waals surface area contributed by atoms with Crippen LogP contribution in [0.15, 0.2) is 54.7 Å². The summed E-state index contributed by atoms with van der Waals surface area (Å²) in [6.45, 7) is 3.77. The van der Waals surface area contributed by atoms with Gasteiger partial charge in [-0.1, -0.05) is 25.5 Å². The summed E-state index contributed by atoms with van der Waals surface area (Å²) in [5.41, 5.74) is 4.16. The molecule has 2 aromatic carbocycles. The zero-order valence-electron chi connectivity index (χ0n) is 23.3. The Labute approximate surface area is 242 Å². The topological polar surface area (TPSA) is 135 Å². The highest BCUT2D eigenvalue weighted by atomic mass is 19.1. The summed E-state index contributed by atoms with van der Waals surface area (Å²) in [5, 5.41) is 24.0. The largest absolute Gasteiger partial charge is 0.465 e. The predicted octanol–water partition coefficient (Wildman–Crippen LogP) is 6.27. The van der Waals surface area contributed by atoms with Gasteiger partial charge in [-0.3, -0.25) is 19.9 Å². The number of nitrogens with one attached hydrogen (secondary N) is 2. The third-order valence-corrected chi connectivity index (χ3v) is 7.88. The maximum Gasteiger partial charge on any atom is 0.409 e. The minimum absolute atomic E-state index is 0.178. The zero-order chi connectivity index (χ0) is 30.0. The van der Waals surface area contributed by atoms with E-state index in [9.17, 15) is 19.6 Å². The average Bonchev–Trinajstić information content (AvgIpc) is 2.96. The molecule has 0 spiro atoms. The lowest BCUT2D eigenvalue weighted by molar-refractivity contribution is -0.129. The second kappa shape index (κ2) is 11.8. The van der Waals surface area contributed by atoms with E-state index in [4.69, 9.17) is 5.11 Å². The van der Waals surface area contributed by atoms with Gasteiger partial charge < -0.3 is 15.3 Å². The van der Waals surface area contributed by atoms with Crippen molar-refractivity contribution in [2.24, 2.45) is 5.92 Å². The number of rotatable bonds is 3. The molecule has 0 saturated heterocycles. The van der Waals surface area contributed by atoms with Crippen LogP contribution in [-0.2, 0) is 9.59 Å². The molecule has 2 atom stereocenters. The standard InChI is InChI=1S/C32H30FN5O4/c1-18-6-7-22(17-34)29(30(18)33)21-11-13-38(28(39)15-21)27-5-3-4-19(2)31(40)37-25-16-23(36-32(41)42)8-9-24(25)20-10-12-35-26(27)14-20/h6-10,12,14-16,19,27,36H,3-5,11,13H2,1-2H3,(H,37,40)(H,41,42)/t19-,27+/m1/s1. The van der Waals surface area contributed by atoms with Crippen LogP contribution in [0.5, 0.6) is 0 Å². The minimum atomic E-state index is -1.21. The number of hydrogen-bond donors (Lipinski definition) is 3. The number of pyridine rings is 1. The zero-order valence-corrected chi connectivity index (χ0v) is 23.3. The smallest absolute Gasteiger partial charge is 0.409 e. The third-order valence-electron chi connectivity index (χ3n) is 7.88. The highest BCUT2D eigenvalue weighted by molar-refractivity contribution is 5.99. The van der Waals surface area contributed by atoms with Crippen LogP contribution in [0.1, 0.15) is 61.0 Å². The van der Waals surface area contributed by atoms with Crippen molar-refractivity contribution in [2.75, 3.05) is 17.2 Å². The monoisotopic (exact) mass is 567 g/mol. The van der Waals surface area contributed by atoms with E-state index in [0.717, 1.165) is 5.56 Å². The molecule has 2 bridgehead atoms. The van der Waals surface area contributed by atoms with E-state index in [-0.39, 0.29) is 34.9 Å². The Morgan fingerprint density at radius 3 is 2.74 bits per heavy atom. The van der Waals surface area contributed by atoms with Gasteiger partial charge in [-0.25, -0.2) is 9.18 Å². The molecule has 214 valence electrons. The number of anilines is 2. The molecule has 5 rings (SSSR count). The molecule has 9 nitrogen and oxygen atoms in total. The van der Waals surface area contributed by atoms with E-state index in [1.165, 1.54) is 6.08 Å². The lowest BCUT2D eigenvalue weighted by Gasteiger charge is -2.34. The van der Waals surface area contributed by atoms with Gasteiger partial charge in [-0.05, 0) is 73.2 Å². The molecule has 3 amide bonds. The van der Waals surface area contributed by atoms with Gasteiger partial charge in [0.1, 0.15) is 5.82 Å². The molecule has 1 aromatic heterocycles. The normalized spacial score (nSPS) is 18.9. The lowest BCUT2D eigenvalue weighted by atomic mass is 9.90. The van der Waals surface area contributed by atoms with Crippen molar-refractivity contribution >= 4 is 34.9 Å². The Bertz CT molecular complexity index is 1660. The lowest BCUT2D eigenvalue weighted by Crippen LogP contribution is -2.38. The summed E-state index contributed by atoms with van der Waals surface area (Å²) in [6, 6.07) is 13.4. The van der Waals surface area contributed by atoms with Crippen molar-refractivity contribution in [3.8, 4) is 17.2 Å². The molecule has 3 N–H and O–H groups in total. The van der Waals surface area contributed by atoms with Crippen molar-refractivity contribution in [3.05, 3.63) is 82.9 Å². The van der Waals surface area contributed by atoms with Crippen molar-refractivity contribution in [1.82, 2.24) is 9.88 Å². The molecular weight excluding hydrogens is 537 g/mol. The van der Waals surface area contributed by atoms with E-state index in [2.05, 4.69) is 15.6 Å². The SMILES string of the molecule is Cc1ccc(C#N)c(C2=CC(=O)N([C@H]3CCC[C@@H](C)C(=O)Nc4cc(NC(=O)O)ccc4-c4ccnc3c4)CC2)c1F. The number of amides is 3. The quantitative estimate of drug-likeness (QED) is 0.341. The van der Waals surface area contributed by atoms with Crippen LogP contribution in [0.2, 0.25) is 0 Å². The summed E-state index contributed by atoms with van der Waals surface area (Å²) in [6.07, 6.45) is 4.01. The molecular formula is C32H30FN5O4. The first-order valence-corrected chi connectivity index (χ1v) is 13.8. The number of benzene rings is 2. The molecule has 0 radical (unpaired) electrons. The van der Waals surface area contributed by atoms with E-state index < -0.39 is 11.9 Å². The van der Waals surface area contributed by atoms with E-state index in [0.29, 0.717) is 66.0 Å². The van der Waals surface area contributed by atoms with Crippen LogP contribution in [-0.4, -0.2) is 39.4 Å². The van der Waals surface area contributed by atoms with Crippen molar-refractivity contribution in [3.63, 3.8) is 0 Å². The second-order valence-electron chi connectivity index (χ2n) is 10.7. The van der Waals surface area contributed by atoms with Gasteiger partial charge in [-0.2, -0.15) is 5.26 Å². The number of halogens is 1. The maximum absolute atomic E-state index is 15.1. The Morgan fingerprint density at radius 1 is 1.19 bits per heavy atom. The number of carbonyl (C=O) groups excluding carboxylic acids is 2. The van der Waals surface area contributed by atoms with Gasteiger partial charge in [0.2, 0.25) is 11.8 Å². The van der Waals surface area contributed by atoms with Crippen molar-refractivity contribution < 1.29 is 23.9 Å². The molecule has 2 aliphatic rings. The third kappa shape index (κ3) is 5.72. The molecule has 2 aliphatic heterocycles. The van der Waals surface area contributed by atoms with Gasteiger partial charge in [0.15, 0.2) is 0 Å². The number of aryl methyl sites for hydroxylation is 1. The van der Waals surface area contributed by atoms with Gasteiger partial charge >= 0.3 is 6.09 Å². The first-order valence-electron chi connectivity index (χ1n) is 13.8. The Hall–Kier alpha value is -5.04. The van der Waals surface area contributed by atoms with Gasteiger partial charge in [0.25, 0.3) is 0 Å². The maximum atomic E-state index is 15.1. The van der Waals surface area contributed by atoms with Crippen molar-refractivity contribution in [2.45, 2.75) is 45.6 Å². The minimum Gasteiger partial charge on any atom is -0.465 e. The number of carboxylic acid groups (broad SMARTS) is 1. The second-order valence-corrected chi connectivity index (χ2v) is 10.7. The average molecular weight is 568 g/mol. The number of carbonyl (C=O) groups is 3. The fraction of sp³-hybridized carbons (Fsp3) is 0.281. The van der Waals surface area contributed by atoms with Crippen LogP contribution in [0.4, 0.5) is 20.6 Å². The van der Waals surface area contributed by atoms with Gasteiger partial charge in [0, 0.05) is 41.5 Å². The Morgan fingerprint density at radius 2 is 2.00 bits per heavy atom. The Kier molecular flexibility index (Phi) is 8.02. The molecule has 0 unspecified atom stereocenters. The fourth-order valence-electron chi connectivity index (χ4n) is 5.62. The number of fused-ring (bicyclic) bond motifs is 4. The molecule has 0 saturated carbocycles. The molecule has 0 fully saturated rings. The number of hydrogen-bond acceptors (Lipinski definition) is 5. The Balaban J connectivity index is 1.54. The summed E-state index contributed by atoms with van der Waals surface area (Å²) in [5.74, 6) is -1.31. The molecule has 3 heterocycles. The van der Waals surface area contributed by atoms with Crippen LogP contribution in [0, 0.1) is 30.0 Å². The van der Waals surface area contributed by atoms with Crippen LogP contribution in [0.25, 0.3) is 16.7 Å². The summed E-state index contributed by atoms with van der Waals surface area (Å²) < 4.78 is 15.1. The van der Waals surface area contributed by atoms with Gasteiger partial charge in [-0.15, -0.1) is 0 Å². The van der Waals surface area contributed by atoms with Crippen LogP contribution in [0.3, 0.4) is 0 Å². The van der Waals surface area contributed by atoms with Crippen molar-refractivity contribution in [1.29, 1.82) is 5.26 Å². The van der Waals surface area contributed by atoms with E-state index >= 15 is 4.39 Å². The van der Waals surface area contributed by atoms with E-state index in [1.807, 2.05) is 19.1 Å². The molecule has 0 aliphatic carbocycles. The number of aromatic nitrogens is 1. The van der Waals surface area contributed by atoms with E-state index in [1.54, 1.807) is 54.4 Å². The fourth-order valence-corrected chi connectivity index (χ4v) is 5.62.